The lowest BCUT2D eigenvalue weighted by molar-refractivity contribution is -0.125. The Labute approximate surface area is 208 Å². The number of halogens is 1. The Morgan fingerprint density at radius 3 is 2.26 bits per heavy atom. The summed E-state index contributed by atoms with van der Waals surface area (Å²) in [7, 11) is 0. The van der Waals surface area contributed by atoms with E-state index in [-0.39, 0.29) is 18.4 Å². The van der Waals surface area contributed by atoms with Crippen LogP contribution in [0.5, 0.6) is 0 Å². The Hall–Kier alpha value is -3.88. The van der Waals surface area contributed by atoms with Gasteiger partial charge < -0.3 is 25.6 Å². The Kier molecular flexibility index (Phi) is 7.97. The molecule has 3 aromatic carbocycles. The van der Waals surface area contributed by atoms with Crippen LogP contribution >= 0.6 is 11.6 Å². The summed E-state index contributed by atoms with van der Waals surface area (Å²) in [5, 5.41) is 8.88. The van der Waals surface area contributed by atoms with Crippen molar-refractivity contribution in [3.8, 4) is 0 Å². The maximum Gasteiger partial charge on any atom is 0.319 e. The van der Waals surface area contributed by atoms with Crippen LogP contribution in [-0.4, -0.2) is 43.6 Å². The average molecular weight is 493 g/mol. The molecule has 0 saturated carbocycles. The molecule has 1 unspecified atom stereocenters. The first-order valence-electron chi connectivity index (χ1n) is 11.1. The molecule has 180 valence electrons. The van der Waals surface area contributed by atoms with Crippen molar-refractivity contribution in [3.05, 3.63) is 89.4 Å². The molecule has 0 aliphatic carbocycles. The van der Waals surface area contributed by atoms with E-state index in [0.717, 1.165) is 11.3 Å². The Morgan fingerprint density at radius 1 is 0.914 bits per heavy atom. The number of nitrogens with one attached hydrogen (secondary N) is 3. The van der Waals surface area contributed by atoms with Crippen molar-refractivity contribution in [1.29, 1.82) is 0 Å². The summed E-state index contributed by atoms with van der Waals surface area (Å²) in [6, 6.07) is 21.8. The van der Waals surface area contributed by atoms with Gasteiger partial charge in [0.1, 0.15) is 12.6 Å². The quantitative estimate of drug-likeness (QED) is 0.463. The van der Waals surface area contributed by atoms with Crippen LogP contribution in [0, 0.1) is 0 Å². The molecule has 0 radical (unpaired) electrons. The van der Waals surface area contributed by atoms with Gasteiger partial charge in [-0.25, -0.2) is 4.79 Å². The summed E-state index contributed by atoms with van der Waals surface area (Å²) in [4.78, 5) is 39.5. The van der Waals surface area contributed by atoms with Gasteiger partial charge in [0.25, 0.3) is 5.91 Å². The predicted molar refractivity (Wildman–Crippen MR) is 136 cm³/mol. The van der Waals surface area contributed by atoms with Gasteiger partial charge >= 0.3 is 6.03 Å². The van der Waals surface area contributed by atoms with Crippen LogP contribution in [0.15, 0.2) is 78.9 Å². The molecule has 1 atom stereocenters. The van der Waals surface area contributed by atoms with Gasteiger partial charge in [-0.3, -0.25) is 9.59 Å². The van der Waals surface area contributed by atoms with Crippen molar-refractivity contribution < 1.29 is 19.1 Å². The number of amides is 4. The lowest BCUT2D eigenvalue weighted by Crippen LogP contribution is -2.46. The summed E-state index contributed by atoms with van der Waals surface area (Å²) in [6.07, 6.45) is 0.307. The maximum atomic E-state index is 13.1. The molecule has 4 rings (SSSR count). The molecule has 35 heavy (non-hydrogen) atoms. The molecule has 0 spiro atoms. The number of carbonyl (C=O) groups is 3. The van der Waals surface area contributed by atoms with Gasteiger partial charge in [0.2, 0.25) is 5.91 Å². The molecular formula is C26H25ClN4O4. The fourth-order valence-corrected chi connectivity index (χ4v) is 3.79. The third-order valence-electron chi connectivity index (χ3n) is 5.44. The molecule has 1 aliphatic rings. The third-order valence-corrected chi connectivity index (χ3v) is 5.69. The number of ether oxygens (including phenoxy) is 1. The maximum absolute atomic E-state index is 13.1. The van der Waals surface area contributed by atoms with E-state index in [9.17, 15) is 14.4 Å². The van der Waals surface area contributed by atoms with Crippen molar-refractivity contribution in [2.24, 2.45) is 0 Å². The normalized spacial score (nSPS) is 14.2. The lowest BCUT2D eigenvalue weighted by Gasteiger charge is -2.27. The van der Waals surface area contributed by atoms with E-state index in [0.29, 0.717) is 36.0 Å². The molecule has 0 aromatic heterocycles. The number of morpholine rings is 1. The molecule has 9 heteroatoms. The second kappa shape index (κ2) is 11.5. The van der Waals surface area contributed by atoms with E-state index in [1.165, 1.54) is 0 Å². The van der Waals surface area contributed by atoms with E-state index < -0.39 is 12.1 Å². The van der Waals surface area contributed by atoms with Gasteiger partial charge in [-0.1, -0.05) is 41.9 Å². The van der Waals surface area contributed by atoms with Gasteiger partial charge in [0, 0.05) is 35.1 Å². The first-order chi connectivity index (χ1) is 17.0. The molecule has 1 saturated heterocycles. The first kappa shape index (κ1) is 24.3. The average Bonchev–Trinajstić information content (AvgIpc) is 2.86. The number of carbonyl (C=O) groups excluding carboxylic acids is 3. The number of benzene rings is 3. The highest BCUT2D eigenvalue weighted by Gasteiger charge is 2.23. The molecule has 1 heterocycles. The number of hydrogen-bond donors (Lipinski definition) is 3. The Bertz CT molecular complexity index is 1170. The minimum Gasteiger partial charge on any atom is -0.370 e. The van der Waals surface area contributed by atoms with Crippen LogP contribution in [0.3, 0.4) is 0 Å². The van der Waals surface area contributed by atoms with Crippen LogP contribution in [0.25, 0.3) is 0 Å². The van der Waals surface area contributed by atoms with Gasteiger partial charge in [-0.15, -0.1) is 0 Å². The summed E-state index contributed by atoms with van der Waals surface area (Å²) >= 11 is 5.90. The summed E-state index contributed by atoms with van der Waals surface area (Å²) in [5.74, 6) is -0.470. The van der Waals surface area contributed by atoms with Gasteiger partial charge in [0.15, 0.2) is 0 Å². The van der Waals surface area contributed by atoms with E-state index in [2.05, 4.69) is 16.0 Å². The van der Waals surface area contributed by atoms with E-state index in [1.807, 2.05) is 30.3 Å². The molecule has 3 N–H and O–H groups in total. The number of urea groups is 1. The number of hydrogen-bond acceptors (Lipinski definition) is 4. The third kappa shape index (κ3) is 6.81. The van der Waals surface area contributed by atoms with Crippen molar-refractivity contribution >= 4 is 46.5 Å². The van der Waals surface area contributed by atoms with Crippen molar-refractivity contribution in [2.75, 3.05) is 35.3 Å². The minimum atomic E-state index is -0.829. The van der Waals surface area contributed by atoms with Gasteiger partial charge in [0.05, 0.1) is 6.61 Å². The van der Waals surface area contributed by atoms with Crippen LogP contribution < -0.4 is 20.9 Å². The standard InChI is InChI=1S/C26H25ClN4O4/c27-19-6-8-21(9-7-19)29-26(34)30-23(16-18-4-2-1-3-5-18)25(33)28-20-10-12-22(13-11-20)31-14-15-35-17-24(31)32/h1-13,23H,14-17H2,(H,28,33)(H2,29,30,34). The topological polar surface area (TPSA) is 99.8 Å². The SMILES string of the molecule is O=C(Nc1ccc(Cl)cc1)NC(Cc1ccccc1)C(=O)Nc1ccc(N2CCOCC2=O)cc1. The Morgan fingerprint density at radius 2 is 1.57 bits per heavy atom. The van der Waals surface area contributed by atoms with E-state index in [1.54, 1.807) is 53.4 Å². The molecular weight excluding hydrogens is 468 g/mol. The predicted octanol–water partition coefficient (Wildman–Crippen LogP) is 4.07. The highest BCUT2D eigenvalue weighted by Crippen LogP contribution is 2.20. The lowest BCUT2D eigenvalue weighted by atomic mass is 10.1. The minimum absolute atomic E-state index is 0.0589. The number of nitrogens with zero attached hydrogens (tertiary/aromatic N) is 1. The fraction of sp³-hybridized carbons (Fsp3) is 0.192. The van der Waals surface area contributed by atoms with Crippen LogP contribution in [0.1, 0.15) is 5.56 Å². The highest BCUT2D eigenvalue weighted by atomic mass is 35.5. The fourth-order valence-electron chi connectivity index (χ4n) is 3.66. The van der Waals surface area contributed by atoms with E-state index in [4.69, 9.17) is 16.3 Å². The first-order valence-corrected chi connectivity index (χ1v) is 11.5. The molecule has 3 aromatic rings. The number of rotatable bonds is 7. The Balaban J connectivity index is 1.43. The second-order valence-electron chi connectivity index (χ2n) is 7.98. The molecule has 1 aliphatic heterocycles. The van der Waals surface area contributed by atoms with Crippen molar-refractivity contribution in [3.63, 3.8) is 0 Å². The largest absolute Gasteiger partial charge is 0.370 e. The van der Waals surface area contributed by atoms with Crippen LogP contribution in [0.4, 0.5) is 21.9 Å². The van der Waals surface area contributed by atoms with Gasteiger partial charge in [-0.05, 0) is 54.1 Å². The summed E-state index contributed by atoms with van der Waals surface area (Å²) < 4.78 is 5.17. The van der Waals surface area contributed by atoms with Crippen molar-refractivity contribution in [2.45, 2.75) is 12.5 Å². The van der Waals surface area contributed by atoms with Crippen molar-refractivity contribution in [1.82, 2.24) is 5.32 Å². The zero-order chi connectivity index (χ0) is 24.6. The number of anilines is 3. The second-order valence-corrected chi connectivity index (χ2v) is 8.42. The molecule has 0 bridgehead atoms. The summed E-state index contributed by atoms with van der Waals surface area (Å²) in [6.45, 7) is 1.02. The zero-order valence-corrected chi connectivity index (χ0v) is 19.6. The molecule has 8 nitrogen and oxygen atoms in total. The van der Waals surface area contributed by atoms with E-state index >= 15 is 0 Å². The smallest absolute Gasteiger partial charge is 0.319 e. The van der Waals surface area contributed by atoms with Crippen LogP contribution in [-0.2, 0) is 20.7 Å². The zero-order valence-electron chi connectivity index (χ0n) is 18.9. The highest BCUT2D eigenvalue weighted by molar-refractivity contribution is 6.30. The molecule has 1 fully saturated rings. The van der Waals surface area contributed by atoms with Gasteiger partial charge in [-0.2, -0.15) is 0 Å². The van der Waals surface area contributed by atoms with Crippen LogP contribution in [0.2, 0.25) is 5.02 Å². The summed E-state index contributed by atoms with van der Waals surface area (Å²) in [5.41, 5.74) is 2.75. The monoisotopic (exact) mass is 492 g/mol. The molecule has 4 amide bonds.